The number of hydrogen-bond acceptors (Lipinski definition) is 5. The molecule has 2 aliphatic heterocycles. The number of nitrogen functional groups attached to an aromatic ring is 1. The van der Waals surface area contributed by atoms with Gasteiger partial charge in [0.15, 0.2) is 0 Å². The minimum atomic E-state index is -3.72. The lowest BCUT2D eigenvalue weighted by Gasteiger charge is -2.20. The molecule has 0 aliphatic carbocycles. The molecule has 0 spiro atoms. The average Bonchev–Trinajstić information content (AvgIpc) is 2.99. The first-order chi connectivity index (χ1) is 10.3. The Kier molecular flexibility index (Phi) is 3.77. The fraction of sp³-hybridized carbons (Fsp3) is 0.500. The molecule has 120 valence electrons. The van der Waals surface area contributed by atoms with Crippen molar-refractivity contribution < 1.29 is 18.3 Å². The Labute approximate surface area is 136 Å². The summed E-state index contributed by atoms with van der Waals surface area (Å²) in [5.74, 6) is 0.0341. The van der Waals surface area contributed by atoms with Crippen LogP contribution in [-0.2, 0) is 10.0 Å². The smallest absolute Gasteiger partial charge is 0.407 e. The monoisotopic (exact) mass is 390 g/mol. The van der Waals surface area contributed by atoms with Crippen molar-refractivity contribution in [3.05, 3.63) is 16.7 Å². The second-order valence-corrected chi connectivity index (χ2v) is 8.39. The number of carboxylic acid groups (broad SMARTS) is 1. The molecule has 2 fully saturated rings. The summed E-state index contributed by atoms with van der Waals surface area (Å²) in [4.78, 5) is 16.2. The zero-order valence-electron chi connectivity index (χ0n) is 11.5. The molecule has 22 heavy (non-hydrogen) atoms. The molecule has 2 saturated heterocycles. The maximum Gasteiger partial charge on any atom is 0.407 e. The Hall–Kier alpha value is -1.39. The van der Waals surface area contributed by atoms with Gasteiger partial charge in [0.2, 0.25) is 10.0 Å². The quantitative estimate of drug-likeness (QED) is 0.765. The summed E-state index contributed by atoms with van der Waals surface area (Å²) in [5, 5.41) is 9.00. The molecule has 3 heterocycles. The Morgan fingerprint density at radius 1 is 1.32 bits per heavy atom. The Balaban J connectivity index is 1.82. The van der Waals surface area contributed by atoms with E-state index in [1.165, 1.54) is 21.5 Å². The Morgan fingerprint density at radius 3 is 2.45 bits per heavy atom. The predicted molar refractivity (Wildman–Crippen MR) is 81.7 cm³/mol. The van der Waals surface area contributed by atoms with Crippen LogP contribution in [-0.4, -0.2) is 60.0 Å². The van der Waals surface area contributed by atoms with Crippen LogP contribution in [0.3, 0.4) is 0 Å². The summed E-state index contributed by atoms with van der Waals surface area (Å²) >= 11 is 3.20. The fourth-order valence-electron chi connectivity index (χ4n) is 3.08. The minimum Gasteiger partial charge on any atom is -0.465 e. The van der Waals surface area contributed by atoms with E-state index in [0.29, 0.717) is 30.7 Å². The number of amides is 1. The first-order valence-corrected chi connectivity index (χ1v) is 8.91. The first-order valence-electron chi connectivity index (χ1n) is 6.68. The second-order valence-electron chi connectivity index (χ2n) is 5.57. The number of likely N-dealkylation sites (tertiary alicyclic amines) is 1. The lowest BCUT2D eigenvalue weighted by Crippen LogP contribution is -2.35. The van der Waals surface area contributed by atoms with Gasteiger partial charge in [0.25, 0.3) is 0 Å². The number of nitrogens with two attached hydrogens (primary N) is 1. The van der Waals surface area contributed by atoms with Crippen LogP contribution < -0.4 is 5.73 Å². The molecule has 3 N–H and O–H groups in total. The number of halogens is 1. The van der Waals surface area contributed by atoms with Crippen molar-refractivity contribution in [3.63, 3.8) is 0 Å². The van der Waals surface area contributed by atoms with Crippen LogP contribution >= 0.6 is 15.9 Å². The van der Waals surface area contributed by atoms with Crippen LogP contribution in [0.15, 0.2) is 21.6 Å². The Morgan fingerprint density at radius 2 is 1.91 bits per heavy atom. The van der Waals surface area contributed by atoms with Crippen molar-refractivity contribution in [2.24, 2.45) is 11.8 Å². The average molecular weight is 391 g/mol. The third-order valence-electron chi connectivity index (χ3n) is 4.19. The lowest BCUT2D eigenvalue weighted by molar-refractivity contribution is 0.151. The number of fused-ring (bicyclic) bond motifs is 1. The maximum absolute atomic E-state index is 12.7. The van der Waals surface area contributed by atoms with Gasteiger partial charge in [0, 0.05) is 36.8 Å². The van der Waals surface area contributed by atoms with Crippen LogP contribution in [0.1, 0.15) is 0 Å². The maximum atomic E-state index is 12.7. The highest BCUT2D eigenvalue weighted by Gasteiger charge is 2.45. The number of pyridine rings is 1. The number of nitrogens with zero attached hydrogens (tertiary/aromatic N) is 3. The van der Waals surface area contributed by atoms with Gasteiger partial charge in [-0.15, -0.1) is 0 Å². The van der Waals surface area contributed by atoms with Crippen molar-refractivity contribution in [1.82, 2.24) is 14.2 Å². The molecule has 1 aromatic rings. The van der Waals surface area contributed by atoms with Crippen molar-refractivity contribution in [2.45, 2.75) is 4.90 Å². The van der Waals surface area contributed by atoms with Crippen molar-refractivity contribution >= 4 is 37.9 Å². The zero-order valence-corrected chi connectivity index (χ0v) is 13.9. The molecular formula is C12H15BrN4O4S. The fourth-order valence-corrected chi connectivity index (χ4v) is 5.21. The normalized spacial score (nSPS) is 25.4. The summed E-state index contributed by atoms with van der Waals surface area (Å²) in [6, 6.07) is 1.44. The summed E-state index contributed by atoms with van der Waals surface area (Å²) in [6.07, 6.45) is 0.488. The Bertz CT molecular complexity index is 712. The van der Waals surface area contributed by atoms with Gasteiger partial charge in [-0.25, -0.2) is 18.2 Å². The van der Waals surface area contributed by atoms with E-state index in [9.17, 15) is 13.2 Å². The van der Waals surface area contributed by atoms with Crippen LogP contribution in [0, 0.1) is 11.8 Å². The lowest BCUT2D eigenvalue weighted by atomic mass is 10.0. The van der Waals surface area contributed by atoms with Gasteiger partial charge in [-0.1, -0.05) is 0 Å². The number of anilines is 1. The first kappa shape index (κ1) is 15.5. The van der Waals surface area contributed by atoms with Gasteiger partial charge >= 0.3 is 6.09 Å². The number of carbonyl (C=O) groups is 1. The van der Waals surface area contributed by atoms with E-state index < -0.39 is 16.1 Å². The number of aromatic nitrogens is 1. The van der Waals surface area contributed by atoms with Gasteiger partial charge < -0.3 is 15.7 Å². The van der Waals surface area contributed by atoms with Gasteiger partial charge in [-0.3, -0.25) is 0 Å². The molecular weight excluding hydrogens is 376 g/mol. The zero-order chi connectivity index (χ0) is 16.1. The topological polar surface area (TPSA) is 117 Å². The summed E-state index contributed by atoms with van der Waals surface area (Å²) in [5.41, 5.74) is 5.70. The molecule has 0 bridgehead atoms. The van der Waals surface area contributed by atoms with Crippen LogP contribution in [0.4, 0.5) is 10.6 Å². The van der Waals surface area contributed by atoms with Gasteiger partial charge in [0.1, 0.15) is 10.7 Å². The highest BCUT2D eigenvalue weighted by atomic mass is 79.9. The molecule has 1 amide bonds. The second kappa shape index (κ2) is 5.36. The molecule has 0 radical (unpaired) electrons. The molecule has 3 rings (SSSR count). The molecule has 10 heteroatoms. The molecule has 0 aromatic carbocycles. The van der Waals surface area contributed by atoms with E-state index in [1.54, 1.807) is 0 Å². The highest BCUT2D eigenvalue weighted by Crippen LogP contribution is 2.35. The van der Waals surface area contributed by atoms with E-state index in [1.807, 2.05) is 0 Å². The van der Waals surface area contributed by atoms with Crippen LogP contribution in [0.25, 0.3) is 0 Å². The number of rotatable bonds is 2. The standard InChI is InChI=1S/C12H15BrN4O4S/c13-9-1-10(11(14)15-2-9)22(20,21)17-5-7-3-16(12(18)19)4-8(7)6-17/h1-2,7-8H,3-6H2,(H2,14,15)(H,18,19). The predicted octanol–water partition coefficient (Wildman–Crippen LogP) is 0.657. The third-order valence-corrected chi connectivity index (χ3v) is 6.48. The molecule has 2 aliphatic rings. The van der Waals surface area contributed by atoms with E-state index in [0.717, 1.165) is 0 Å². The van der Waals surface area contributed by atoms with Crippen LogP contribution in [0.5, 0.6) is 0 Å². The number of sulfonamides is 1. The molecule has 0 saturated carbocycles. The third kappa shape index (κ3) is 2.55. The highest BCUT2D eigenvalue weighted by molar-refractivity contribution is 9.10. The summed E-state index contributed by atoms with van der Waals surface area (Å²) in [7, 11) is -3.72. The minimum absolute atomic E-state index is 0.0167. The van der Waals surface area contributed by atoms with E-state index in [2.05, 4.69) is 20.9 Å². The van der Waals surface area contributed by atoms with Crippen molar-refractivity contribution in [1.29, 1.82) is 0 Å². The van der Waals surface area contributed by atoms with Crippen molar-refractivity contribution in [2.75, 3.05) is 31.9 Å². The van der Waals surface area contributed by atoms with E-state index in [-0.39, 0.29) is 22.5 Å². The van der Waals surface area contributed by atoms with Crippen LogP contribution in [0.2, 0.25) is 0 Å². The molecule has 8 nitrogen and oxygen atoms in total. The molecule has 1 aromatic heterocycles. The molecule has 2 atom stereocenters. The van der Waals surface area contributed by atoms with Crippen molar-refractivity contribution in [3.8, 4) is 0 Å². The summed E-state index contributed by atoms with van der Waals surface area (Å²) in [6.45, 7) is 1.36. The molecule has 2 unspecified atom stereocenters. The largest absolute Gasteiger partial charge is 0.465 e. The summed E-state index contributed by atoms with van der Waals surface area (Å²) < 4.78 is 27.3. The van der Waals surface area contributed by atoms with Gasteiger partial charge in [-0.2, -0.15) is 4.31 Å². The SMILES string of the molecule is Nc1ncc(Br)cc1S(=O)(=O)N1CC2CN(C(=O)O)CC2C1. The van der Waals surface area contributed by atoms with E-state index in [4.69, 9.17) is 10.8 Å². The van der Waals surface area contributed by atoms with Gasteiger partial charge in [-0.05, 0) is 33.8 Å². The van der Waals surface area contributed by atoms with Gasteiger partial charge in [0.05, 0.1) is 0 Å². The van der Waals surface area contributed by atoms with E-state index >= 15 is 0 Å². The number of hydrogen-bond donors (Lipinski definition) is 2.